The van der Waals surface area contributed by atoms with Gasteiger partial charge in [0.1, 0.15) is 4.99 Å². The standard InChI is InChI=1S/C15H23N3OS/c1-4-18(11(2)3)10-9-14(19)17-13-8-6-5-7-12(13)15(16)20/h5-8,11H,4,9-10H2,1-3H3,(H2,16,20)(H,17,19). The SMILES string of the molecule is CCN(CCC(=O)Nc1ccccc1C(N)=S)C(C)C. The van der Waals surface area contributed by atoms with Crippen molar-refractivity contribution in [3.8, 4) is 0 Å². The second-order valence-corrected chi connectivity index (χ2v) is 5.37. The normalized spacial score (nSPS) is 10.8. The van der Waals surface area contributed by atoms with Crippen molar-refractivity contribution in [1.29, 1.82) is 0 Å². The van der Waals surface area contributed by atoms with Crippen LogP contribution in [0.1, 0.15) is 32.8 Å². The van der Waals surface area contributed by atoms with E-state index in [9.17, 15) is 4.79 Å². The molecule has 0 fully saturated rings. The van der Waals surface area contributed by atoms with Crippen LogP contribution < -0.4 is 11.1 Å². The molecule has 20 heavy (non-hydrogen) atoms. The minimum atomic E-state index is -0.0206. The maximum atomic E-state index is 12.0. The lowest BCUT2D eigenvalue weighted by atomic mass is 10.1. The van der Waals surface area contributed by atoms with Crippen molar-refractivity contribution in [2.24, 2.45) is 5.73 Å². The van der Waals surface area contributed by atoms with E-state index in [1.165, 1.54) is 0 Å². The summed E-state index contributed by atoms with van der Waals surface area (Å²) in [6, 6.07) is 7.76. The lowest BCUT2D eigenvalue weighted by Crippen LogP contribution is -2.33. The van der Waals surface area contributed by atoms with Gasteiger partial charge in [-0.2, -0.15) is 0 Å². The van der Waals surface area contributed by atoms with Gasteiger partial charge in [-0.15, -0.1) is 0 Å². The first-order valence-corrected chi connectivity index (χ1v) is 7.29. The van der Waals surface area contributed by atoms with Crippen molar-refractivity contribution < 1.29 is 4.79 Å². The summed E-state index contributed by atoms with van der Waals surface area (Å²) in [6.07, 6.45) is 0.456. The van der Waals surface area contributed by atoms with Gasteiger partial charge in [-0.25, -0.2) is 0 Å². The monoisotopic (exact) mass is 293 g/mol. The second-order valence-electron chi connectivity index (χ2n) is 4.93. The van der Waals surface area contributed by atoms with Crippen molar-refractivity contribution in [3.63, 3.8) is 0 Å². The molecule has 0 aliphatic carbocycles. The first kappa shape index (κ1) is 16.6. The van der Waals surface area contributed by atoms with Crippen LogP contribution in [0.5, 0.6) is 0 Å². The molecule has 1 rings (SSSR count). The van der Waals surface area contributed by atoms with E-state index >= 15 is 0 Å². The van der Waals surface area contributed by atoms with Crippen LogP contribution in [0.4, 0.5) is 5.69 Å². The van der Waals surface area contributed by atoms with Crippen LogP contribution >= 0.6 is 12.2 Å². The molecule has 0 heterocycles. The number of anilines is 1. The molecule has 1 aromatic carbocycles. The molecule has 4 nitrogen and oxygen atoms in total. The van der Waals surface area contributed by atoms with Crippen LogP contribution in [0, 0.1) is 0 Å². The third-order valence-electron chi connectivity index (χ3n) is 3.23. The highest BCUT2D eigenvalue weighted by Gasteiger charge is 2.11. The lowest BCUT2D eigenvalue weighted by Gasteiger charge is -2.24. The number of hydrogen-bond donors (Lipinski definition) is 2. The topological polar surface area (TPSA) is 58.4 Å². The van der Waals surface area contributed by atoms with Crippen LogP contribution in [0.3, 0.4) is 0 Å². The van der Waals surface area contributed by atoms with E-state index in [4.69, 9.17) is 18.0 Å². The summed E-state index contributed by atoms with van der Waals surface area (Å²) >= 11 is 4.98. The predicted octanol–water partition coefficient (Wildman–Crippen LogP) is 2.38. The maximum Gasteiger partial charge on any atom is 0.225 e. The van der Waals surface area contributed by atoms with Crippen LogP contribution in [-0.2, 0) is 4.79 Å². The first-order chi connectivity index (χ1) is 9.45. The Morgan fingerprint density at radius 1 is 1.40 bits per heavy atom. The molecule has 1 amide bonds. The molecule has 5 heteroatoms. The number of benzene rings is 1. The van der Waals surface area contributed by atoms with Gasteiger partial charge in [0.15, 0.2) is 0 Å². The zero-order valence-corrected chi connectivity index (χ0v) is 13.2. The summed E-state index contributed by atoms with van der Waals surface area (Å²) in [5, 5.41) is 2.88. The van der Waals surface area contributed by atoms with E-state index in [0.717, 1.165) is 13.1 Å². The van der Waals surface area contributed by atoms with Gasteiger partial charge in [-0.05, 0) is 32.5 Å². The summed E-state index contributed by atoms with van der Waals surface area (Å²) in [6.45, 7) is 8.04. The number of nitrogens with zero attached hydrogens (tertiary/aromatic N) is 1. The number of rotatable bonds is 7. The summed E-state index contributed by atoms with van der Waals surface area (Å²) in [5.41, 5.74) is 7.02. The molecule has 0 unspecified atom stereocenters. The van der Waals surface area contributed by atoms with Crippen LogP contribution in [0.2, 0.25) is 0 Å². The van der Waals surface area contributed by atoms with Gasteiger partial charge in [0, 0.05) is 24.6 Å². The van der Waals surface area contributed by atoms with Gasteiger partial charge in [-0.1, -0.05) is 31.3 Å². The van der Waals surface area contributed by atoms with Crippen molar-refractivity contribution in [1.82, 2.24) is 4.90 Å². The minimum Gasteiger partial charge on any atom is -0.389 e. The number of nitrogens with two attached hydrogens (primary N) is 1. The molecular weight excluding hydrogens is 270 g/mol. The fourth-order valence-electron chi connectivity index (χ4n) is 2.05. The molecule has 1 aromatic rings. The van der Waals surface area contributed by atoms with Gasteiger partial charge in [0.2, 0.25) is 5.91 Å². The Bertz CT molecular complexity index is 474. The fourth-order valence-corrected chi connectivity index (χ4v) is 2.22. The number of hydrogen-bond acceptors (Lipinski definition) is 3. The molecule has 0 bridgehead atoms. The van der Waals surface area contributed by atoms with Crippen molar-refractivity contribution in [3.05, 3.63) is 29.8 Å². The molecule has 3 N–H and O–H groups in total. The summed E-state index contributed by atoms with van der Waals surface area (Å²) in [5.74, 6) is -0.0206. The quantitative estimate of drug-likeness (QED) is 0.758. The Balaban J connectivity index is 2.61. The van der Waals surface area contributed by atoms with Gasteiger partial charge in [0.05, 0.1) is 5.69 Å². The predicted molar refractivity (Wildman–Crippen MR) is 88.0 cm³/mol. The average Bonchev–Trinajstić information content (AvgIpc) is 2.39. The van der Waals surface area contributed by atoms with Gasteiger partial charge in [-0.3, -0.25) is 4.79 Å². The van der Waals surface area contributed by atoms with Crippen molar-refractivity contribution in [2.45, 2.75) is 33.2 Å². The number of amides is 1. The Morgan fingerprint density at radius 3 is 2.60 bits per heavy atom. The van der Waals surface area contributed by atoms with Gasteiger partial charge < -0.3 is 16.0 Å². The summed E-state index contributed by atoms with van der Waals surface area (Å²) < 4.78 is 0. The number of thiocarbonyl (C=S) groups is 1. The third kappa shape index (κ3) is 4.90. The zero-order valence-electron chi connectivity index (χ0n) is 12.3. The molecule has 0 aromatic heterocycles. The Hall–Kier alpha value is -1.46. The summed E-state index contributed by atoms with van der Waals surface area (Å²) in [4.78, 5) is 14.5. The molecule has 0 aliphatic heterocycles. The lowest BCUT2D eigenvalue weighted by molar-refractivity contribution is -0.116. The average molecular weight is 293 g/mol. The van der Waals surface area contributed by atoms with E-state index in [1.807, 2.05) is 24.3 Å². The molecule has 110 valence electrons. The highest BCUT2D eigenvalue weighted by Crippen LogP contribution is 2.15. The third-order valence-corrected chi connectivity index (χ3v) is 3.45. The minimum absolute atomic E-state index is 0.0206. The smallest absolute Gasteiger partial charge is 0.225 e. The number of carbonyl (C=O) groups is 1. The summed E-state index contributed by atoms with van der Waals surface area (Å²) in [7, 11) is 0. The molecule has 0 spiro atoms. The van der Waals surface area contributed by atoms with E-state index in [0.29, 0.717) is 28.7 Å². The fraction of sp³-hybridized carbons (Fsp3) is 0.467. The van der Waals surface area contributed by atoms with Gasteiger partial charge >= 0.3 is 0 Å². The van der Waals surface area contributed by atoms with E-state index in [2.05, 4.69) is 31.0 Å². The molecule has 0 atom stereocenters. The van der Waals surface area contributed by atoms with E-state index < -0.39 is 0 Å². The Labute approximate surface area is 126 Å². The Morgan fingerprint density at radius 2 is 2.05 bits per heavy atom. The van der Waals surface area contributed by atoms with Crippen LogP contribution in [0.15, 0.2) is 24.3 Å². The molecular formula is C15H23N3OS. The largest absolute Gasteiger partial charge is 0.389 e. The zero-order chi connectivity index (χ0) is 15.1. The molecule has 0 radical (unpaired) electrons. The van der Waals surface area contributed by atoms with E-state index in [-0.39, 0.29) is 5.91 Å². The molecule has 0 saturated heterocycles. The highest BCUT2D eigenvalue weighted by molar-refractivity contribution is 7.80. The highest BCUT2D eigenvalue weighted by atomic mass is 32.1. The van der Waals surface area contributed by atoms with E-state index in [1.54, 1.807) is 0 Å². The number of para-hydroxylation sites is 1. The van der Waals surface area contributed by atoms with Crippen molar-refractivity contribution in [2.75, 3.05) is 18.4 Å². The van der Waals surface area contributed by atoms with Crippen molar-refractivity contribution >= 4 is 28.8 Å². The number of carbonyl (C=O) groups excluding carboxylic acids is 1. The molecule has 0 aliphatic rings. The molecule has 0 saturated carbocycles. The van der Waals surface area contributed by atoms with Crippen LogP contribution in [0.25, 0.3) is 0 Å². The Kier molecular flexibility index (Phi) is 6.61. The first-order valence-electron chi connectivity index (χ1n) is 6.88. The van der Waals surface area contributed by atoms with Crippen LogP contribution in [-0.4, -0.2) is 34.9 Å². The number of nitrogens with one attached hydrogen (secondary N) is 1. The van der Waals surface area contributed by atoms with Gasteiger partial charge in [0.25, 0.3) is 0 Å². The maximum absolute atomic E-state index is 12.0. The second kappa shape index (κ2) is 7.97.